The maximum Gasteiger partial charge on any atom is 0.0618 e. The second-order valence-electron chi connectivity index (χ2n) is 3.54. The van der Waals surface area contributed by atoms with Crippen molar-refractivity contribution in [3.63, 3.8) is 0 Å². The second kappa shape index (κ2) is 4.07. The van der Waals surface area contributed by atoms with Gasteiger partial charge in [-0.2, -0.15) is 0 Å². The van der Waals surface area contributed by atoms with Crippen LogP contribution in [0.5, 0.6) is 0 Å². The van der Waals surface area contributed by atoms with Gasteiger partial charge in [-0.25, -0.2) is 0 Å². The summed E-state index contributed by atoms with van der Waals surface area (Å²) >= 11 is 0. The number of piperidine rings is 1. The maximum atomic E-state index is 4.11. The van der Waals surface area contributed by atoms with E-state index in [2.05, 4.69) is 30.8 Å². The van der Waals surface area contributed by atoms with Gasteiger partial charge in [0.2, 0.25) is 0 Å². The molecule has 1 saturated heterocycles. The highest BCUT2D eigenvalue weighted by molar-refractivity contribution is 4.74. The molecular weight excluding hydrogens is 136 g/mol. The SMILES string of the molecule is [CH2]C(N(C)C)N1CCCCC1. The van der Waals surface area contributed by atoms with Gasteiger partial charge < -0.3 is 0 Å². The van der Waals surface area contributed by atoms with Crippen molar-refractivity contribution >= 4 is 0 Å². The van der Waals surface area contributed by atoms with Gasteiger partial charge >= 0.3 is 0 Å². The quantitative estimate of drug-likeness (QED) is 0.591. The summed E-state index contributed by atoms with van der Waals surface area (Å²) < 4.78 is 0. The number of rotatable bonds is 2. The van der Waals surface area contributed by atoms with Crippen LogP contribution < -0.4 is 0 Å². The summed E-state index contributed by atoms with van der Waals surface area (Å²) in [7, 11) is 4.18. The van der Waals surface area contributed by atoms with Crippen LogP contribution in [0.2, 0.25) is 0 Å². The zero-order chi connectivity index (χ0) is 8.27. The Morgan fingerprint density at radius 2 is 1.73 bits per heavy atom. The van der Waals surface area contributed by atoms with Gasteiger partial charge in [-0.05, 0) is 47.0 Å². The Balaban J connectivity index is 2.32. The highest BCUT2D eigenvalue weighted by atomic mass is 15.3. The first-order valence-corrected chi connectivity index (χ1v) is 4.45. The van der Waals surface area contributed by atoms with Crippen LogP contribution in [0.15, 0.2) is 0 Å². The summed E-state index contributed by atoms with van der Waals surface area (Å²) in [6.07, 6.45) is 4.46. The average Bonchev–Trinajstić information content (AvgIpc) is 2.05. The minimum atomic E-state index is 0.371. The van der Waals surface area contributed by atoms with E-state index in [-0.39, 0.29) is 0 Å². The molecule has 1 aliphatic rings. The molecule has 0 aliphatic carbocycles. The lowest BCUT2D eigenvalue weighted by atomic mass is 10.1. The lowest BCUT2D eigenvalue weighted by Crippen LogP contribution is -2.45. The molecule has 0 amide bonds. The Bertz CT molecular complexity index is 106. The molecule has 1 radical (unpaired) electrons. The molecule has 1 heterocycles. The largest absolute Gasteiger partial charge is 0.294 e. The van der Waals surface area contributed by atoms with E-state index < -0.39 is 0 Å². The van der Waals surface area contributed by atoms with Gasteiger partial charge in [0, 0.05) is 0 Å². The van der Waals surface area contributed by atoms with Gasteiger partial charge in [-0.15, -0.1) is 0 Å². The van der Waals surface area contributed by atoms with Gasteiger partial charge in [0.05, 0.1) is 6.17 Å². The lowest BCUT2D eigenvalue weighted by Gasteiger charge is -2.35. The predicted octanol–water partition coefficient (Wildman–Crippen LogP) is 1.19. The molecule has 1 rings (SSSR count). The summed E-state index contributed by atoms with van der Waals surface area (Å²) in [5, 5.41) is 0. The smallest absolute Gasteiger partial charge is 0.0618 e. The van der Waals surface area contributed by atoms with Gasteiger partial charge in [-0.1, -0.05) is 6.42 Å². The number of nitrogens with zero attached hydrogens (tertiary/aromatic N) is 2. The summed E-state index contributed by atoms with van der Waals surface area (Å²) in [6.45, 7) is 6.57. The molecule has 0 aromatic heterocycles. The fourth-order valence-corrected chi connectivity index (χ4v) is 1.54. The Hall–Kier alpha value is -0.0800. The van der Waals surface area contributed by atoms with Crippen LogP contribution in [0, 0.1) is 6.92 Å². The first-order chi connectivity index (χ1) is 5.22. The van der Waals surface area contributed by atoms with E-state index in [0.717, 1.165) is 0 Å². The second-order valence-corrected chi connectivity index (χ2v) is 3.54. The molecule has 0 N–H and O–H groups in total. The minimum Gasteiger partial charge on any atom is -0.294 e. The van der Waals surface area contributed by atoms with E-state index in [4.69, 9.17) is 0 Å². The summed E-state index contributed by atoms with van der Waals surface area (Å²) in [6, 6.07) is 0. The van der Waals surface area contributed by atoms with Crippen molar-refractivity contribution in [2.75, 3.05) is 27.2 Å². The molecule has 1 unspecified atom stereocenters. The molecule has 2 nitrogen and oxygen atoms in total. The van der Waals surface area contributed by atoms with Crippen molar-refractivity contribution in [3.05, 3.63) is 6.92 Å². The first-order valence-electron chi connectivity index (χ1n) is 4.45. The molecule has 65 valence electrons. The Morgan fingerprint density at radius 3 is 2.18 bits per heavy atom. The third-order valence-electron chi connectivity index (χ3n) is 2.41. The standard InChI is InChI=1S/C9H19N2/c1-9(10(2)3)11-7-5-4-6-8-11/h9H,1,4-8H2,2-3H3. The number of hydrogen-bond donors (Lipinski definition) is 0. The van der Waals surface area contributed by atoms with Crippen LogP contribution in [0.3, 0.4) is 0 Å². The molecule has 1 fully saturated rings. The van der Waals surface area contributed by atoms with E-state index in [1.807, 2.05) is 0 Å². The number of likely N-dealkylation sites (tertiary alicyclic amines) is 1. The monoisotopic (exact) mass is 155 g/mol. The van der Waals surface area contributed by atoms with E-state index in [0.29, 0.717) is 6.17 Å². The molecule has 1 atom stereocenters. The van der Waals surface area contributed by atoms with Crippen LogP contribution in [0.1, 0.15) is 19.3 Å². The van der Waals surface area contributed by atoms with Crippen LogP contribution in [-0.2, 0) is 0 Å². The van der Waals surface area contributed by atoms with Crippen LogP contribution in [0.25, 0.3) is 0 Å². The zero-order valence-electron chi connectivity index (χ0n) is 7.71. The summed E-state index contributed by atoms with van der Waals surface area (Å²) in [5.41, 5.74) is 0. The summed E-state index contributed by atoms with van der Waals surface area (Å²) in [5.74, 6) is 0. The van der Waals surface area contributed by atoms with Crippen molar-refractivity contribution in [3.8, 4) is 0 Å². The van der Waals surface area contributed by atoms with Crippen molar-refractivity contribution in [1.82, 2.24) is 9.80 Å². The minimum absolute atomic E-state index is 0.371. The number of hydrogen-bond acceptors (Lipinski definition) is 2. The van der Waals surface area contributed by atoms with Gasteiger partial charge in [0.1, 0.15) is 0 Å². The first kappa shape index (κ1) is 9.01. The molecule has 0 saturated carbocycles. The molecule has 11 heavy (non-hydrogen) atoms. The van der Waals surface area contributed by atoms with Crippen LogP contribution in [0.4, 0.5) is 0 Å². The van der Waals surface area contributed by atoms with Crippen LogP contribution in [-0.4, -0.2) is 43.2 Å². The molecule has 0 spiro atoms. The van der Waals surface area contributed by atoms with E-state index >= 15 is 0 Å². The average molecular weight is 155 g/mol. The Labute approximate surface area is 70.2 Å². The molecular formula is C9H19N2. The third-order valence-corrected chi connectivity index (χ3v) is 2.41. The predicted molar refractivity (Wildman–Crippen MR) is 48.3 cm³/mol. The van der Waals surface area contributed by atoms with Crippen LogP contribution >= 0.6 is 0 Å². The molecule has 0 aromatic carbocycles. The zero-order valence-corrected chi connectivity index (χ0v) is 7.71. The molecule has 2 heteroatoms. The van der Waals surface area contributed by atoms with Crippen molar-refractivity contribution in [2.45, 2.75) is 25.4 Å². The van der Waals surface area contributed by atoms with Crippen molar-refractivity contribution in [1.29, 1.82) is 0 Å². The highest BCUT2D eigenvalue weighted by Gasteiger charge is 2.17. The van der Waals surface area contributed by atoms with Gasteiger partial charge in [-0.3, -0.25) is 9.80 Å². The van der Waals surface area contributed by atoms with Crippen molar-refractivity contribution < 1.29 is 0 Å². The lowest BCUT2D eigenvalue weighted by molar-refractivity contribution is 0.0938. The summed E-state index contributed by atoms with van der Waals surface area (Å²) in [4.78, 5) is 4.62. The fourth-order valence-electron chi connectivity index (χ4n) is 1.54. The molecule has 0 bridgehead atoms. The van der Waals surface area contributed by atoms with Gasteiger partial charge in [0.25, 0.3) is 0 Å². The van der Waals surface area contributed by atoms with Gasteiger partial charge in [0.15, 0.2) is 0 Å². The van der Waals surface area contributed by atoms with E-state index in [9.17, 15) is 0 Å². The molecule has 1 aliphatic heterocycles. The van der Waals surface area contributed by atoms with E-state index in [1.54, 1.807) is 0 Å². The third kappa shape index (κ3) is 2.46. The highest BCUT2D eigenvalue weighted by Crippen LogP contribution is 2.12. The normalized spacial score (nSPS) is 24.0. The Kier molecular flexibility index (Phi) is 3.34. The van der Waals surface area contributed by atoms with E-state index in [1.165, 1.54) is 32.4 Å². The fraction of sp³-hybridized carbons (Fsp3) is 0.889. The Morgan fingerprint density at radius 1 is 1.18 bits per heavy atom. The molecule has 0 aromatic rings. The maximum absolute atomic E-state index is 4.11. The van der Waals surface area contributed by atoms with Crippen molar-refractivity contribution in [2.24, 2.45) is 0 Å². The topological polar surface area (TPSA) is 6.48 Å².